The number of aliphatic hydroxyl groups is 1. The van der Waals surface area contributed by atoms with Crippen molar-refractivity contribution < 1.29 is 9.90 Å². The third-order valence-corrected chi connectivity index (χ3v) is 4.09. The van der Waals surface area contributed by atoms with Crippen LogP contribution in [0.25, 0.3) is 0 Å². The molecule has 0 radical (unpaired) electrons. The molecule has 1 amide bonds. The fraction of sp³-hybridized carbons (Fsp3) is 0.133. The molecule has 2 N–H and O–H groups in total. The summed E-state index contributed by atoms with van der Waals surface area (Å²) < 4.78 is 0.659. The van der Waals surface area contributed by atoms with E-state index in [1.165, 1.54) is 0 Å². The Morgan fingerprint density at radius 2 is 1.95 bits per heavy atom. The second kappa shape index (κ2) is 6.88. The van der Waals surface area contributed by atoms with Gasteiger partial charge in [0, 0.05) is 10.0 Å². The second-order valence-corrected chi connectivity index (χ2v) is 5.51. The first-order valence-electron chi connectivity index (χ1n) is 6.03. The first-order chi connectivity index (χ1) is 9.61. The van der Waals surface area contributed by atoms with Gasteiger partial charge in [-0.05, 0) is 39.7 Å². The van der Waals surface area contributed by atoms with Gasteiger partial charge in [-0.3, -0.25) is 4.79 Å². The molecule has 0 saturated heterocycles. The van der Waals surface area contributed by atoms with Crippen molar-refractivity contribution in [1.29, 1.82) is 0 Å². The molecule has 0 spiro atoms. The Morgan fingerprint density at radius 3 is 2.55 bits per heavy atom. The second-order valence-electron chi connectivity index (χ2n) is 4.25. The molecule has 1 atom stereocenters. The van der Waals surface area contributed by atoms with Gasteiger partial charge in [0.15, 0.2) is 0 Å². The average Bonchev–Trinajstić information content (AvgIpc) is 2.48. The third kappa shape index (κ3) is 3.60. The highest BCUT2D eigenvalue weighted by Crippen LogP contribution is 2.23. The van der Waals surface area contributed by atoms with Crippen LogP contribution in [0, 0.1) is 0 Å². The molecule has 20 heavy (non-hydrogen) atoms. The molecule has 104 valence electrons. The van der Waals surface area contributed by atoms with Crippen LogP contribution in [0.15, 0.2) is 53.0 Å². The van der Waals surface area contributed by atoms with E-state index in [0.717, 1.165) is 5.56 Å². The lowest BCUT2D eigenvalue weighted by atomic mass is 10.1. The molecule has 0 fully saturated rings. The molecule has 0 aromatic heterocycles. The quantitative estimate of drug-likeness (QED) is 0.882. The van der Waals surface area contributed by atoms with Crippen molar-refractivity contribution in [3.8, 4) is 0 Å². The van der Waals surface area contributed by atoms with E-state index < -0.39 is 6.04 Å². The summed E-state index contributed by atoms with van der Waals surface area (Å²) in [6.07, 6.45) is 0. The SMILES string of the molecule is O=C(N[C@@H](CO)c1ccccc1)c1ccc(Cl)c(Br)c1. The highest BCUT2D eigenvalue weighted by atomic mass is 79.9. The largest absolute Gasteiger partial charge is 0.394 e. The molecule has 0 bridgehead atoms. The number of nitrogens with one attached hydrogen (secondary N) is 1. The number of hydrogen-bond donors (Lipinski definition) is 2. The highest BCUT2D eigenvalue weighted by Gasteiger charge is 2.15. The van der Waals surface area contributed by atoms with E-state index in [1.54, 1.807) is 18.2 Å². The molecule has 2 rings (SSSR count). The fourth-order valence-electron chi connectivity index (χ4n) is 1.80. The zero-order chi connectivity index (χ0) is 14.5. The molecule has 0 unspecified atom stereocenters. The van der Waals surface area contributed by atoms with Crippen molar-refractivity contribution in [2.75, 3.05) is 6.61 Å². The molecule has 2 aromatic rings. The predicted molar refractivity (Wildman–Crippen MR) is 82.9 cm³/mol. The summed E-state index contributed by atoms with van der Waals surface area (Å²) in [5, 5.41) is 12.8. The maximum atomic E-state index is 12.2. The Bertz CT molecular complexity index is 604. The van der Waals surface area contributed by atoms with Crippen LogP contribution in [0.4, 0.5) is 0 Å². The molecule has 0 aliphatic heterocycles. The molecule has 2 aromatic carbocycles. The van der Waals surface area contributed by atoms with Gasteiger partial charge in [0.2, 0.25) is 0 Å². The predicted octanol–water partition coefficient (Wildman–Crippen LogP) is 3.57. The van der Waals surface area contributed by atoms with Crippen molar-refractivity contribution in [3.05, 3.63) is 69.2 Å². The number of aliphatic hydroxyl groups excluding tert-OH is 1. The molecule has 5 heteroatoms. The molecule has 3 nitrogen and oxygen atoms in total. The van der Waals surface area contributed by atoms with E-state index in [9.17, 15) is 9.90 Å². The number of amides is 1. The summed E-state index contributed by atoms with van der Waals surface area (Å²) in [5.41, 5.74) is 1.34. The van der Waals surface area contributed by atoms with Crippen LogP contribution in [-0.4, -0.2) is 17.6 Å². The Kier molecular flexibility index (Phi) is 5.17. The molecule has 0 aliphatic carbocycles. The van der Waals surface area contributed by atoms with Gasteiger partial charge in [-0.1, -0.05) is 41.9 Å². The average molecular weight is 355 g/mol. The number of rotatable bonds is 4. The van der Waals surface area contributed by atoms with Crippen molar-refractivity contribution in [3.63, 3.8) is 0 Å². The van der Waals surface area contributed by atoms with Gasteiger partial charge in [0.25, 0.3) is 5.91 Å². The zero-order valence-corrected chi connectivity index (χ0v) is 12.9. The van der Waals surface area contributed by atoms with Crippen LogP contribution in [0.5, 0.6) is 0 Å². The standard InChI is InChI=1S/C15H13BrClNO2/c16-12-8-11(6-7-13(12)17)15(20)18-14(9-19)10-4-2-1-3-5-10/h1-8,14,19H,9H2,(H,18,20)/t14-/m0/s1. The monoisotopic (exact) mass is 353 g/mol. The van der Waals surface area contributed by atoms with Gasteiger partial charge in [0.1, 0.15) is 0 Å². The lowest BCUT2D eigenvalue weighted by Crippen LogP contribution is -2.30. The van der Waals surface area contributed by atoms with Gasteiger partial charge in [0.05, 0.1) is 17.7 Å². The van der Waals surface area contributed by atoms with E-state index in [4.69, 9.17) is 11.6 Å². The minimum absolute atomic E-state index is 0.162. The Hall–Kier alpha value is -1.36. The van der Waals surface area contributed by atoms with E-state index >= 15 is 0 Å². The van der Waals surface area contributed by atoms with E-state index in [2.05, 4.69) is 21.2 Å². The summed E-state index contributed by atoms with van der Waals surface area (Å²) in [6, 6.07) is 13.8. The Labute approximate surface area is 130 Å². The summed E-state index contributed by atoms with van der Waals surface area (Å²) in [5.74, 6) is -0.259. The third-order valence-electron chi connectivity index (χ3n) is 2.87. The van der Waals surface area contributed by atoms with E-state index in [1.807, 2.05) is 30.3 Å². The minimum atomic E-state index is -0.432. The summed E-state index contributed by atoms with van der Waals surface area (Å²) in [7, 11) is 0. The Morgan fingerprint density at radius 1 is 1.25 bits per heavy atom. The normalized spacial score (nSPS) is 11.9. The summed E-state index contributed by atoms with van der Waals surface area (Å²) >= 11 is 9.18. The van der Waals surface area contributed by atoms with Crippen LogP contribution in [0.3, 0.4) is 0 Å². The Balaban J connectivity index is 2.15. The maximum Gasteiger partial charge on any atom is 0.251 e. The summed E-state index contributed by atoms with van der Waals surface area (Å²) in [4.78, 5) is 12.2. The first-order valence-corrected chi connectivity index (χ1v) is 7.20. The maximum absolute atomic E-state index is 12.2. The molecule has 0 saturated carbocycles. The lowest BCUT2D eigenvalue weighted by molar-refractivity contribution is 0.0916. The van der Waals surface area contributed by atoms with Crippen molar-refractivity contribution in [1.82, 2.24) is 5.32 Å². The first kappa shape index (κ1) is 15.0. The van der Waals surface area contributed by atoms with Crippen LogP contribution in [0.2, 0.25) is 5.02 Å². The van der Waals surface area contributed by atoms with Gasteiger partial charge < -0.3 is 10.4 Å². The molecule has 0 heterocycles. The highest BCUT2D eigenvalue weighted by molar-refractivity contribution is 9.10. The number of halogens is 2. The van der Waals surface area contributed by atoms with Gasteiger partial charge in [-0.15, -0.1) is 0 Å². The van der Waals surface area contributed by atoms with Crippen LogP contribution < -0.4 is 5.32 Å². The number of hydrogen-bond acceptors (Lipinski definition) is 2. The smallest absolute Gasteiger partial charge is 0.251 e. The van der Waals surface area contributed by atoms with Gasteiger partial charge >= 0.3 is 0 Å². The topological polar surface area (TPSA) is 49.3 Å². The number of carbonyl (C=O) groups is 1. The van der Waals surface area contributed by atoms with Crippen LogP contribution >= 0.6 is 27.5 Å². The number of benzene rings is 2. The summed E-state index contributed by atoms with van der Waals surface area (Å²) in [6.45, 7) is -0.162. The molecular formula is C15H13BrClNO2. The lowest BCUT2D eigenvalue weighted by Gasteiger charge is -2.17. The van der Waals surface area contributed by atoms with Crippen LogP contribution in [0.1, 0.15) is 22.0 Å². The van der Waals surface area contributed by atoms with E-state index in [-0.39, 0.29) is 12.5 Å². The van der Waals surface area contributed by atoms with Crippen molar-refractivity contribution in [2.45, 2.75) is 6.04 Å². The fourth-order valence-corrected chi connectivity index (χ4v) is 2.30. The van der Waals surface area contributed by atoms with E-state index in [0.29, 0.717) is 15.1 Å². The molecule has 0 aliphatic rings. The minimum Gasteiger partial charge on any atom is -0.394 e. The molecular weight excluding hydrogens is 342 g/mol. The van der Waals surface area contributed by atoms with Gasteiger partial charge in [-0.25, -0.2) is 0 Å². The van der Waals surface area contributed by atoms with Gasteiger partial charge in [-0.2, -0.15) is 0 Å². The van der Waals surface area contributed by atoms with Crippen molar-refractivity contribution >= 4 is 33.4 Å². The zero-order valence-electron chi connectivity index (χ0n) is 10.5. The van der Waals surface area contributed by atoms with Crippen molar-refractivity contribution in [2.24, 2.45) is 0 Å². The number of carbonyl (C=O) groups excluding carboxylic acids is 1. The van der Waals surface area contributed by atoms with Crippen LogP contribution in [-0.2, 0) is 0 Å².